The zero-order chi connectivity index (χ0) is 16.6. The lowest BCUT2D eigenvalue weighted by atomic mass is 10.1. The van der Waals surface area contributed by atoms with Crippen molar-refractivity contribution in [3.05, 3.63) is 30.1 Å². The van der Waals surface area contributed by atoms with Crippen LogP contribution in [0.15, 0.2) is 29.4 Å². The van der Waals surface area contributed by atoms with Crippen LogP contribution in [0.25, 0.3) is 0 Å². The molecule has 0 aromatic carbocycles. The Morgan fingerprint density at radius 1 is 1.22 bits per heavy atom. The quantitative estimate of drug-likeness (QED) is 0.821. The van der Waals surface area contributed by atoms with Crippen LogP contribution in [0.3, 0.4) is 0 Å². The van der Waals surface area contributed by atoms with Gasteiger partial charge in [0, 0.05) is 27.7 Å². The molecule has 1 saturated heterocycles. The molecule has 23 heavy (non-hydrogen) atoms. The van der Waals surface area contributed by atoms with E-state index in [9.17, 15) is 8.42 Å². The van der Waals surface area contributed by atoms with E-state index in [0.717, 1.165) is 18.7 Å². The molecule has 124 valence electrons. The summed E-state index contributed by atoms with van der Waals surface area (Å²) in [5.74, 6) is 0.743. The van der Waals surface area contributed by atoms with Gasteiger partial charge in [-0.05, 0) is 31.0 Å². The smallest absolute Gasteiger partial charge is 0.260 e. The second-order valence-electron chi connectivity index (χ2n) is 5.78. The predicted molar refractivity (Wildman–Crippen MR) is 85.4 cm³/mol. The lowest BCUT2D eigenvalue weighted by Gasteiger charge is -2.23. The summed E-state index contributed by atoms with van der Waals surface area (Å²) in [6, 6.07) is 4.95. The van der Waals surface area contributed by atoms with E-state index in [0.29, 0.717) is 12.2 Å². The van der Waals surface area contributed by atoms with Crippen LogP contribution in [-0.2, 0) is 17.1 Å². The summed E-state index contributed by atoms with van der Waals surface area (Å²) in [5, 5.41) is 12.5. The summed E-state index contributed by atoms with van der Waals surface area (Å²) in [4.78, 5) is 1.86. The van der Waals surface area contributed by atoms with Gasteiger partial charge >= 0.3 is 0 Å². The van der Waals surface area contributed by atoms with Crippen molar-refractivity contribution in [3.63, 3.8) is 0 Å². The van der Waals surface area contributed by atoms with Gasteiger partial charge in [-0.15, -0.1) is 5.10 Å². The Morgan fingerprint density at radius 2 is 2.00 bits per heavy atom. The number of aromatic nitrogens is 4. The number of hydrogen-bond acceptors (Lipinski definition) is 6. The van der Waals surface area contributed by atoms with E-state index in [1.165, 1.54) is 21.3 Å². The highest BCUT2D eigenvalue weighted by atomic mass is 32.2. The van der Waals surface area contributed by atoms with E-state index < -0.39 is 10.0 Å². The summed E-state index contributed by atoms with van der Waals surface area (Å²) in [6.45, 7) is 0.481. The molecule has 2 aromatic heterocycles. The minimum Gasteiger partial charge on any atom is -0.361 e. The van der Waals surface area contributed by atoms with Gasteiger partial charge in [0.2, 0.25) is 0 Å². The van der Waals surface area contributed by atoms with E-state index in [1.807, 2.05) is 31.1 Å². The highest BCUT2D eigenvalue weighted by molar-refractivity contribution is 7.89. The molecule has 1 aliphatic rings. The molecule has 1 atom stereocenters. The molecule has 1 fully saturated rings. The van der Waals surface area contributed by atoms with Crippen LogP contribution in [-0.4, -0.2) is 53.3 Å². The van der Waals surface area contributed by atoms with Crippen molar-refractivity contribution in [2.45, 2.75) is 23.9 Å². The molecule has 9 heteroatoms. The molecule has 1 aliphatic heterocycles. The maximum atomic E-state index is 12.9. The number of rotatable bonds is 4. The second-order valence-corrected chi connectivity index (χ2v) is 7.62. The van der Waals surface area contributed by atoms with Gasteiger partial charge in [-0.1, -0.05) is 0 Å². The fourth-order valence-corrected chi connectivity index (χ4v) is 4.58. The molecule has 3 rings (SSSR count). The molecule has 0 saturated carbocycles. The monoisotopic (exact) mass is 336 g/mol. The first-order valence-electron chi connectivity index (χ1n) is 7.42. The summed E-state index contributed by atoms with van der Waals surface area (Å²) in [7, 11) is 1.81. The number of anilines is 1. The van der Waals surface area contributed by atoms with Crippen LogP contribution in [0.5, 0.6) is 0 Å². The molecule has 2 aromatic rings. The maximum Gasteiger partial charge on any atom is 0.260 e. The van der Waals surface area contributed by atoms with Gasteiger partial charge in [-0.25, -0.2) is 8.42 Å². The normalized spacial score (nSPS) is 19.2. The lowest BCUT2D eigenvalue weighted by Crippen LogP contribution is -2.32. The molecular formula is C14H20N6O2S. The highest BCUT2D eigenvalue weighted by Crippen LogP contribution is 2.35. The SMILES string of the molecule is CN(C)c1ccc(C2CCCN2S(=O)(=O)c2ccnn2C)nn1. The highest BCUT2D eigenvalue weighted by Gasteiger charge is 2.38. The van der Waals surface area contributed by atoms with Crippen molar-refractivity contribution in [1.82, 2.24) is 24.3 Å². The van der Waals surface area contributed by atoms with E-state index in [2.05, 4.69) is 15.3 Å². The summed E-state index contributed by atoms with van der Waals surface area (Å²) in [6.07, 6.45) is 3.04. The Morgan fingerprint density at radius 3 is 2.57 bits per heavy atom. The van der Waals surface area contributed by atoms with Crippen LogP contribution in [0.4, 0.5) is 5.82 Å². The standard InChI is InChI=1S/C14H20N6O2S/c1-18(2)13-7-6-11(16-17-13)12-5-4-10-20(12)23(21,22)14-8-9-15-19(14)3/h6-9,12H,4-5,10H2,1-3H3. The molecule has 0 N–H and O–H groups in total. The number of sulfonamides is 1. The first-order valence-corrected chi connectivity index (χ1v) is 8.86. The average Bonchev–Trinajstić information content (AvgIpc) is 3.16. The summed E-state index contributed by atoms with van der Waals surface area (Å²) in [5.41, 5.74) is 0.679. The van der Waals surface area contributed by atoms with Crippen molar-refractivity contribution in [3.8, 4) is 0 Å². The van der Waals surface area contributed by atoms with Crippen molar-refractivity contribution in [2.75, 3.05) is 25.5 Å². The van der Waals surface area contributed by atoms with Gasteiger partial charge in [-0.3, -0.25) is 4.68 Å². The lowest BCUT2D eigenvalue weighted by molar-refractivity contribution is 0.383. The molecule has 8 nitrogen and oxygen atoms in total. The molecule has 0 bridgehead atoms. The fourth-order valence-electron chi connectivity index (χ4n) is 2.81. The maximum absolute atomic E-state index is 12.9. The first kappa shape index (κ1) is 15.9. The van der Waals surface area contributed by atoms with Crippen LogP contribution in [0, 0.1) is 0 Å². The van der Waals surface area contributed by atoms with E-state index in [-0.39, 0.29) is 11.1 Å². The predicted octanol–water partition coefficient (Wildman–Crippen LogP) is 0.802. The Balaban J connectivity index is 1.93. The summed E-state index contributed by atoms with van der Waals surface area (Å²) < 4.78 is 28.7. The minimum absolute atomic E-state index is 0.197. The van der Waals surface area contributed by atoms with E-state index in [1.54, 1.807) is 7.05 Å². The zero-order valence-corrected chi connectivity index (χ0v) is 14.2. The Labute approximate surface area is 135 Å². The average molecular weight is 336 g/mol. The van der Waals surface area contributed by atoms with Gasteiger partial charge in [0.15, 0.2) is 10.8 Å². The number of nitrogens with zero attached hydrogens (tertiary/aromatic N) is 6. The second kappa shape index (κ2) is 5.89. The van der Waals surface area contributed by atoms with Crippen LogP contribution in [0.1, 0.15) is 24.6 Å². The number of aryl methyl sites for hydroxylation is 1. The van der Waals surface area contributed by atoms with Crippen LogP contribution < -0.4 is 4.90 Å². The van der Waals surface area contributed by atoms with E-state index >= 15 is 0 Å². The Kier molecular flexibility index (Phi) is 4.07. The molecule has 0 amide bonds. The molecule has 0 radical (unpaired) electrons. The molecular weight excluding hydrogens is 316 g/mol. The van der Waals surface area contributed by atoms with Crippen LogP contribution in [0.2, 0.25) is 0 Å². The van der Waals surface area contributed by atoms with Gasteiger partial charge in [0.05, 0.1) is 17.9 Å². The third-order valence-corrected chi connectivity index (χ3v) is 6.01. The zero-order valence-electron chi connectivity index (χ0n) is 13.4. The van der Waals surface area contributed by atoms with Gasteiger partial charge in [0.25, 0.3) is 10.0 Å². The van der Waals surface area contributed by atoms with E-state index in [4.69, 9.17) is 0 Å². The van der Waals surface area contributed by atoms with Crippen molar-refractivity contribution in [1.29, 1.82) is 0 Å². The Bertz CT molecular complexity index is 784. The van der Waals surface area contributed by atoms with Crippen molar-refractivity contribution in [2.24, 2.45) is 7.05 Å². The topological polar surface area (TPSA) is 84.2 Å². The third-order valence-electron chi connectivity index (χ3n) is 4.02. The van der Waals surface area contributed by atoms with Crippen molar-refractivity contribution < 1.29 is 8.42 Å². The Hall–Kier alpha value is -2.00. The first-order chi connectivity index (χ1) is 10.9. The fraction of sp³-hybridized carbons (Fsp3) is 0.500. The third kappa shape index (κ3) is 2.81. The number of hydrogen-bond donors (Lipinski definition) is 0. The van der Waals surface area contributed by atoms with Gasteiger partial charge < -0.3 is 4.90 Å². The molecule has 1 unspecified atom stereocenters. The molecule has 0 spiro atoms. The molecule has 3 heterocycles. The van der Waals surface area contributed by atoms with Crippen LogP contribution >= 0.6 is 0 Å². The largest absolute Gasteiger partial charge is 0.361 e. The van der Waals surface area contributed by atoms with Crippen molar-refractivity contribution >= 4 is 15.8 Å². The summed E-state index contributed by atoms with van der Waals surface area (Å²) >= 11 is 0. The van der Waals surface area contributed by atoms with Gasteiger partial charge in [0.1, 0.15) is 0 Å². The molecule has 0 aliphatic carbocycles. The van der Waals surface area contributed by atoms with Gasteiger partial charge in [-0.2, -0.15) is 14.5 Å². The minimum atomic E-state index is -3.59.